The first kappa shape index (κ1) is 15.1. The third kappa shape index (κ3) is 2.35. The third-order valence-corrected chi connectivity index (χ3v) is 5.62. The number of aromatic nitrogens is 1. The van der Waals surface area contributed by atoms with Crippen molar-refractivity contribution in [1.82, 2.24) is 9.88 Å². The molecule has 1 saturated heterocycles. The first-order valence-electron chi connectivity index (χ1n) is 8.39. The van der Waals surface area contributed by atoms with Gasteiger partial charge in [0.15, 0.2) is 0 Å². The molecular formula is C19H20N2O3. The van der Waals surface area contributed by atoms with E-state index in [-0.39, 0.29) is 17.2 Å². The molecule has 1 unspecified atom stereocenters. The highest BCUT2D eigenvalue weighted by Gasteiger charge is 2.59. The van der Waals surface area contributed by atoms with Crippen molar-refractivity contribution in [3.8, 4) is 0 Å². The van der Waals surface area contributed by atoms with Crippen LogP contribution in [-0.4, -0.2) is 40.0 Å². The summed E-state index contributed by atoms with van der Waals surface area (Å²) in [5.74, 6) is -0.902. The number of rotatable bonds is 2. The molecule has 124 valence electrons. The van der Waals surface area contributed by atoms with Gasteiger partial charge in [-0.05, 0) is 43.7 Å². The van der Waals surface area contributed by atoms with E-state index in [2.05, 4.69) is 4.98 Å². The van der Waals surface area contributed by atoms with Gasteiger partial charge in [0, 0.05) is 24.2 Å². The number of carbonyl (C=O) groups is 2. The maximum Gasteiger partial charge on any atom is 0.307 e. The van der Waals surface area contributed by atoms with Crippen molar-refractivity contribution in [2.24, 2.45) is 11.3 Å². The predicted octanol–water partition coefficient (Wildman–Crippen LogP) is 2.87. The van der Waals surface area contributed by atoms with E-state index < -0.39 is 5.97 Å². The molecular weight excluding hydrogens is 304 g/mol. The Morgan fingerprint density at radius 2 is 1.96 bits per heavy atom. The summed E-state index contributed by atoms with van der Waals surface area (Å²) in [6.45, 7) is 3.18. The van der Waals surface area contributed by atoms with Gasteiger partial charge < -0.3 is 10.0 Å². The molecule has 1 aliphatic carbocycles. The van der Waals surface area contributed by atoms with Crippen molar-refractivity contribution >= 4 is 22.8 Å². The van der Waals surface area contributed by atoms with Crippen LogP contribution in [0.2, 0.25) is 0 Å². The lowest BCUT2D eigenvalue weighted by Crippen LogP contribution is -2.40. The van der Waals surface area contributed by atoms with Crippen molar-refractivity contribution < 1.29 is 14.7 Å². The smallest absolute Gasteiger partial charge is 0.307 e. The van der Waals surface area contributed by atoms with E-state index in [0.29, 0.717) is 18.7 Å². The summed E-state index contributed by atoms with van der Waals surface area (Å²) in [4.78, 5) is 30.5. The zero-order chi connectivity index (χ0) is 16.9. The Hall–Kier alpha value is -2.43. The number of carboxylic acid groups (broad SMARTS) is 1. The van der Waals surface area contributed by atoms with Crippen LogP contribution < -0.4 is 0 Å². The number of carboxylic acids is 1. The first-order chi connectivity index (χ1) is 11.5. The summed E-state index contributed by atoms with van der Waals surface area (Å²) in [5, 5.41) is 10.1. The largest absolute Gasteiger partial charge is 0.481 e. The van der Waals surface area contributed by atoms with Crippen molar-refractivity contribution in [3.63, 3.8) is 0 Å². The summed E-state index contributed by atoms with van der Waals surface area (Å²) in [5.41, 5.74) is 2.22. The molecule has 1 saturated carbocycles. The number of nitrogens with zero attached hydrogens (tertiary/aromatic N) is 2. The Bertz CT molecular complexity index is 838. The number of likely N-dealkylation sites (tertiary alicyclic amines) is 1. The minimum atomic E-state index is -0.691. The number of piperidine rings is 1. The second kappa shape index (κ2) is 5.30. The number of aliphatic carboxylic acids is 1. The van der Waals surface area contributed by atoms with Crippen LogP contribution in [0.4, 0.5) is 0 Å². The van der Waals surface area contributed by atoms with E-state index in [1.807, 2.05) is 42.2 Å². The lowest BCUT2D eigenvalue weighted by Gasteiger charge is -2.32. The topological polar surface area (TPSA) is 70.5 Å². The quantitative estimate of drug-likeness (QED) is 0.922. The van der Waals surface area contributed by atoms with Gasteiger partial charge in [0.05, 0.1) is 17.0 Å². The Morgan fingerprint density at radius 1 is 1.21 bits per heavy atom. The van der Waals surface area contributed by atoms with Gasteiger partial charge in [0.1, 0.15) is 0 Å². The molecule has 1 spiro atoms. The number of pyridine rings is 1. The number of benzene rings is 1. The van der Waals surface area contributed by atoms with Gasteiger partial charge in [-0.1, -0.05) is 18.2 Å². The lowest BCUT2D eigenvalue weighted by atomic mass is 9.90. The van der Waals surface area contributed by atoms with Crippen LogP contribution in [0.15, 0.2) is 30.3 Å². The molecule has 1 aliphatic heterocycles. The van der Waals surface area contributed by atoms with Crippen LogP contribution in [0.5, 0.6) is 0 Å². The number of hydrogen-bond donors (Lipinski definition) is 1. The maximum absolute atomic E-state index is 12.9. The molecule has 2 fully saturated rings. The highest BCUT2D eigenvalue weighted by Crippen LogP contribution is 2.59. The van der Waals surface area contributed by atoms with E-state index >= 15 is 0 Å². The van der Waals surface area contributed by atoms with E-state index in [4.69, 9.17) is 0 Å². The van der Waals surface area contributed by atoms with Gasteiger partial charge >= 0.3 is 5.97 Å². The van der Waals surface area contributed by atoms with Crippen molar-refractivity contribution in [1.29, 1.82) is 0 Å². The second-order valence-electron chi connectivity index (χ2n) is 7.08. The number of carbonyl (C=O) groups excluding carboxylic acids is 1. The fourth-order valence-electron chi connectivity index (χ4n) is 3.99. The van der Waals surface area contributed by atoms with Crippen LogP contribution in [0, 0.1) is 18.3 Å². The van der Waals surface area contributed by atoms with Gasteiger partial charge in [0.2, 0.25) is 0 Å². The molecule has 0 radical (unpaired) electrons. The number of para-hydroxylation sites is 1. The SMILES string of the molecule is Cc1ccc2cccc(C(=O)N3CCC4(CC3)CC4C(=O)O)c2n1. The summed E-state index contributed by atoms with van der Waals surface area (Å²) in [6.07, 6.45) is 2.33. The first-order valence-corrected chi connectivity index (χ1v) is 8.39. The van der Waals surface area contributed by atoms with Gasteiger partial charge in [-0.25, -0.2) is 0 Å². The zero-order valence-corrected chi connectivity index (χ0v) is 13.7. The number of fused-ring (bicyclic) bond motifs is 1. The average molecular weight is 324 g/mol. The molecule has 1 N–H and O–H groups in total. The van der Waals surface area contributed by atoms with E-state index in [9.17, 15) is 14.7 Å². The Kier molecular flexibility index (Phi) is 3.34. The minimum absolute atomic E-state index is 0.000995. The molecule has 5 heteroatoms. The monoisotopic (exact) mass is 324 g/mol. The number of hydrogen-bond acceptors (Lipinski definition) is 3. The summed E-state index contributed by atoms with van der Waals surface area (Å²) in [7, 11) is 0. The molecule has 1 aromatic heterocycles. The van der Waals surface area contributed by atoms with Crippen molar-refractivity contribution in [3.05, 3.63) is 41.6 Å². The maximum atomic E-state index is 12.9. The highest BCUT2D eigenvalue weighted by atomic mass is 16.4. The lowest BCUT2D eigenvalue weighted by molar-refractivity contribution is -0.139. The summed E-state index contributed by atoms with van der Waals surface area (Å²) < 4.78 is 0. The molecule has 2 aliphatic rings. The van der Waals surface area contributed by atoms with Gasteiger partial charge in [-0.2, -0.15) is 0 Å². The molecule has 1 aromatic carbocycles. The van der Waals surface area contributed by atoms with Crippen LogP contribution in [-0.2, 0) is 4.79 Å². The molecule has 1 atom stereocenters. The zero-order valence-electron chi connectivity index (χ0n) is 13.7. The molecule has 1 amide bonds. The molecule has 24 heavy (non-hydrogen) atoms. The summed E-state index contributed by atoms with van der Waals surface area (Å²) >= 11 is 0. The standard InChI is InChI=1S/C19H20N2O3/c1-12-5-6-13-3-2-4-14(16(13)20-12)17(22)21-9-7-19(8-10-21)11-15(19)18(23)24/h2-6,15H,7-11H2,1H3,(H,23,24). The van der Waals surface area contributed by atoms with E-state index in [1.165, 1.54) is 0 Å². The molecule has 5 nitrogen and oxygen atoms in total. The minimum Gasteiger partial charge on any atom is -0.481 e. The van der Waals surface area contributed by atoms with Crippen molar-refractivity contribution in [2.45, 2.75) is 26.2 Å². The number of amides is 1. The van der Waals surface area contributed by atoms with Crippen LogP contribution in [0.1, 0.15) is 35.3 Å². The highest BCUT2D eigenvalue weighted by molar-refractivity contribution is 6.05. The van der Waals surface area contributed by atoms with E-state index in [0.717, 1.165) is 35.9 Å². The predicted molar refractivity (Wildman–Crippen MR) is 89.8 cm³/mol. The third-order valence-electron chi connectivity index (χ3n) is 5.62. The fourth-order valence-corrected chi connectivity index (χ4v) is 3.99. The Morgan fingerprint density at radius 3 is 2.62 bits per heavy atom. The average Bonchev–Trinajstić information content (AvgIpc) is 3.28. The van der Waals surface area contributed by atoms with Crippen LogP contribution in [0.3, 0.4) is 0 Å². The second-order valence-corrected chi connectivity index (χ2v) is 7.08. The molecule has 4 rings (SSSR count). The molecule has 2 heterocycles. The van der Waals surface area contributed by atoms with E-state index in [1.54, 1.807) is 0 Å². The molecule has 0 bridgehead atoms. The Labute approximate surface area is 140 Å². The van der Waals surface area contributed by atoms with Crippen molar-refractivity contribution in [2.75, 3.05) is 13.1 Å². The fraction of sp³-hybridized carbons (Fsp3) is 0.421. The van der Waals surface area contributed by atoms with Crippen LogP contribution >= 0.6 is 0 Å². The summed E-state index contributed by atoms with van der Waals surface area (Å²) in [6, 6.07) is 9.62. The van der Waals surface area contributed by atoms with Gasteiger partial charge in [-0.15, -0.1) is 0 Å². The normalized spacial score (nSPS) is 21.9. The van der Waals surface area contributed by atoms with Gasteiger partial charge in [-0.3, -0.25) is 14.6 Å². The number of aryl methyl sites for hydroxylation is 1. The molecule has 2 aromatic rings. The Balaban J connectivity index is 1.56. The van der Waals surface area contributed by atoms with Crippen LogP contribution in [0.25, 0.3) is 10.9 Å². The van der Waals surface area contributed by atoms with Gasteiger partial charge in [0.25, 0.3) is 5.91 Å².